The van der Waals surface area contributed by atoms with Gasteiger partial charge in [-0.05, 0) is 44.3 Å². The summed E-state index contributed by atoms with van der Waals surface area (Å²) in [5.41, 5.74) is 0.282. The molecule has 1 aromatic heterocycles. The molecule has 1 aliphatic heterocycles. The molecular formula is C21H31N5O3. The highest BCUT2D eigenvalue weighted by atomic mass is 16.5. The smallest absolute Gasteiger partial charge is 0.225 e. The Bertz CT molecular complexity index is 774. The molecular weight excluding hydrogens is 370 g/mol. The molecule has 158 valence electrons. The molecule has 0 amide bonds. The number of benzene rings is 1. The van der Waals surface area contributed by atoms with Crippen LogP contribution in [0, 0.1) is 0 Å². The van der Waals surface area contributed by atoms with Crippen molar-refractivity contribution in [2.45, 2.75) is 18.6 Å². The monoisotopic (exact) mass is 401 g/mol. The molecule has 1 atom stereocenters. The molecule has 29 heavy (non-hydrogen) atoms. The summed E-state index contributed by atoms with van der Waals surface area (Å²) in [6, 6.07) is 7.72. The zero-order chi connectivity index (χ0) is 20.7. The van der Waals surface area contributed by atoms with E-state index in [0.29, 0.717) is 38.6 Å². The maximum absolute atomic E-state index is 10.9. The Labute approximate surface area is 172 Å². The number of methoxy groups -OCH3 is 1. The number of nitrogens with one attached hydrogen (secondary N) is 1. The molecule has 2 N–H and O–H groups in total. The average Bonchev–Trinajstić information content (AvgIpc) is 3.11. The molecule has 8 nitrogen and oxygen atoms in total. The molecule has 2 aromatic rings. The van der Waals surface area contributed by atoms with Crippen molar-refractivity contribution in [3.8, 4) is 11.5 Å². The fourth-order valence-corrected chi connectivity index (χ4v) is 3.34. The van der Waals surface area contributed by atoms with Crippen LogP contribution in [-0.2, 0) is 6.54 Å². The number of likely N-dealkylation sites (N-methyl/N-ethyl adjacent to an activating group) is 1. The first-order valence-corrected chi connectivity index (χ1v) is 9.89. The average molecular weight is 402 g/mol. The van der Waals surface area contributed by atoms with E-state index in [1.165, 1.54) is 0 Å². The molecule has 0 spiro atoms. The van der Waals surface area contributed by atoms with Gasteiger partial charge < -0.3 is 29.7 Å². The van der Waals surface area contributed by atoms with E-state index in [1.807, 2.05) is 37.2 Å². The maximum Gasteiger partial charge on any atom is 0.225 e. The van der Waals surface area contributed by atoms with E-state index in [4.69, 9.17) is 9.47 Å². The van der Waals surface area contributed by atoms with Crippen LogP contribution in [0.5, 0.6) is 11.5 Å². The van der Waals surface area contributed by atoms with Crippen LogP contribution in [0.25, 0.3) is 0 Å². The Hall–Kier alpha value is -2.42. The predicted molar refractivity (Wildman–Crippen MR) is 113 cm³/mol. The lowest BCUT2D eigenvalue weighted by atomic mass is 10.0. The Morgan fingerprint density at radius 3 is 2.76 bits per heavy atom. The van der Waals surface area contributed by atoms with Crippen molar-refractivity contribution in [3.05, 3.63) is 42.2 Å². The van der Waals surface area contributed by atoms with Crippen LogP contribution in [0.4, 0.5) is 5.95 Å². The Balaban J connectivity index is 1.50. The number of aliphatic hydroxyl groups is 1. The minimum absolute atomic E-state index is 0.500. The van der Waals surface area contributed by atoms with E-state index in [1.54, 1.807) is 25.6 Å². The van der Waals surface area contributed by atoms with Gasteiger partial charge in [-0.15, -0.1) is 0 Å². The molecule has 2 heterocycles. The van der Waals surface area contributed by atoms with Crippen LogP contribution in [0.15, 0.2) is 36.7 Å². The highest BCUT2D eigenvalue weighted by molar-refractivity contribution is 5.43. The molecule has 0 bridgehead atoms. The van der Waals surface area contributed by atoms with E-state index in [0.717, 1.165) is 30.2 Å². The first-order chi connectivity index (χ1) is 14.0. The lowest BCUT2D eigenvalue weighted by Crippen LogP contribution is -2.43. The number of anilines is 1. The van der Waals surface area contributed by atoms with Crippen LogP contribution in [0.1, 0.15) is 12.0 Å². The number of ether oxygens (including phenoxy) is 2. The first kappa shape index (κ1) is 21.3. The van der Waals surface area contributed by atoms with Gasteiger partial charge in [0.25, 0.3) is 0 Å². The van der Waals surface area contributed by atoms with E-state index < -0.39 is 5.60 Å². The summed E-state index contributed by atoms with van der Waals surface area (Å²) in [4.78, 5) is 12.6. The van der Waals surface area contributed by atoms with Gasteiger partial charge in [0, 0.05) is 38.6 Å². The lowest BCUT2D eigenvalue weighted by molar-refractivity contribution is 0.0626. The minimum Gasteiger partial charge on any atom is -0.493 e. The van der Waals surface area contributed by atoms with Crippen molar-refractivity contribution in [1.82, 2.24) is 20.2 Å². The van der Waals surface area contributed by atoms with Gasteiger partial charge in [0.05, 0.1) is 19.3 Å². The van der Waals surface area contributed by atoms with Gasteiger partial charge in [0.15, 0.2) is 11.5 Å². The van der Waals surface area contributed by atoms with Crippen LogP contribution in [0.2, 0.25) is 0 Å². The molecule has 1 aliphatic rings. The highest BCUT2D eigenvalue weighted by Gasteiger charge is 2.36. The fraction of sp³-hybridized carbons (Fsp3) is 0.524. The fourth-order valence-electron chi connectivity index (χ4n) is 3.34. The molecule has 8 heteroatoms. The third-order valence-corrected chi connectivity index (χ3v) is 4.97. The largest absolute Gasteiger partial charge is 0.493 e. The van der Waals surface area contributed by atoms with Crippen LogP contribution in [-0.4, -0.2) is 79.6 Å². The second-order valence-electron chi connectivity index (χ2n) is 7.69. The second kappa shape index (κ2) is 9.87. The Kier molecular flexibility index (Phi) is 7.24. The molecule has 0 unspecified atom stereocenters. The zero-order valence-electron chi connectivity index (χ0n) is 17.5. The molecule has 0 aliphatic carbocycles. The standard InChI is InChI=1S/C21H31N5O3/c1-25(2)11-12-29-18-6-5-17(13-19(18)28-3)14-22-15-21(27)7-10-26(16-21)20-23-8-4-9-24-20/h4-6,8-9,13,22,27H,7,10-12,14-16H2,1-3H3/t21-/m1/s1. The summed E-state index contributed by atoms with van der Waals surface area (Å²) >= 11 is 0. The predicted octanol–water partition coefficient (Wildman–Crippen LogP) is 1.16. The van der Waals surface area contributed by atoms with Crippen molar-refractivity contribution < 1.29 is 14.6 Å². The van der Waals surface area contributed by atoms with Crippen molar-refractivity contribution in [3.63, 3.8) is 0 Å². The Morgan fingerprint density at radius 1 is 1.24 bits per heavy atom. The zero-order valence-corrected chi connectivity index (χ0v) is 17.5. The molecule has 0 saturated carbocycles. The number of β-amino-alcohol motifs (C(OH)–C–C–N with tert-alkyl or cyclic N) is 1. The molecule has 1 aromatic carbocycles. The minimum atomic E-state index is -0.793. The van der Waals surface area contributed by atoms with Gasteiger partial charge in [0.2, 0.25) is 5.95 Å². The third kappa shape index (κ3) is 6.03. The van der Waals surface area contributed by atoms with Crippen molar-refractivity contribution in [1.29, 1.82) is 0 Å². The third-order valence-electron chi connectivity index (χ3n) is 4.97. The van der Waals surface area contributed by atoms with Crippen LogP contribution in [0.3, 0.4) is 0 Å². The normalized spacial score (nSPS) is 19.0. The summed E-state index contributed by atoms with van der Waals surface area (Å²) in [5.74, 6) is 2.12. The summed E-state index contributed by atoms with van der Waals surface area (Å²) in [6.07, 6.45) is 4.12. The number of rotatable bonds is 10. The summed E-state index contributed by atoms with van der Waals surface area (Å²) in [7, 11) is 5.67. The summed E-state index contributed by atoms with van der Waals surface area (Å²) in [6.45, 7) is 3.85. The molecule has 1 fully saturated rings. The number of hydrogen-bond acceptors (Lipinski definition) is 8. The Morgan fingerprint density at radius 2 is 2.03 bits per heavy atom. The molecule has 1 saturated heterocycles. The number of hydrogen-bond donors (Lipinski definition) is 2. The van der Waals surface area contributed by atoms with Crippen molar-refractivity contribution >= 4 is 5.95 Å². The highest BCUT2D eigenvalue weighted by Crippen LogP contribution is 2.28. The van der Waals surface area contributed by atoms with E-state index in [2.05, 4.69) is 20.2 Å². The summed E-state index contributed by atoms with van der Waals surface area (Å²) in [5, 5.41) is 14.2. The van der Waals surface area contributed by atoms with Gasteiger partial charge in [0.1, 0.15) is 6.61 Å². The van der Waals surface area contributed by atoms with Gasteiger partial charge in [-0.25, -0.2) is 9.97 Å². The van der Waals surface area contributed by atoms with Gasteiger partial charge in [-0.3, -0.25) is 0 Å². The van der Waals surface area contributed by atoms with Gasteiger partial charge >= 0.3 is 0 Å². The van der Waals surface area contributed by atoms with Gasteiger partial charge in [-0.1, -0.05) is 6.07 Å². The lowest BCUT2D eigenvalue weighted by Gasteiger charge is -2.24. The van der Waals surface area contributed by atoms with E-state index >= 15 is 0 Å². The van der Waals surface area contributed by atoms with E-state index in [9.17, 15) is 5.11 Å². The maximum atomic E-state index is 10.9. The van der Waals surface area contributed by atoms with Crippen LogP contribution >= 0.6 is 0 Å². The quantitative estimate of drug-likeness (QED) is 0.614. The van der Waals surface area contributed by atoms with Crippen LogP contribution < -0.4 is 19.7 Å². The molecule has 3 rings (SSSR count). The molecule has 0 radical (unpaired) electrons. The number of aromatic nitrogens is 2. The second-order valence-corrected chi connectivity index (χ2v) is 7.69. The number of nitrogens with zero attached hydrogens (tertiary/aromatic N) is 4. The first-order valence-electron chi connectivity index (χ1n) is 9.89. The van der Waals surface area contributed by atoms with E-state index in [-0.39, 0.29) is 0 Å². The topological polar surface area (TPSA) is 83.0 Å². The van der Waals surface area contributed by atoms with Gasteiger partial charge in [-0.2, -0.15) is 0 Å². The van der Waals surface area contributed by atoms with Crippen molar-refractivity contribution in [2.75, 3.05) is 58.9 Å². The summed E-state index contributed by atoms with van der Waals surface area (Å²) < 4.78 is 11.3. The van der Waals surface area contributed by atoms with Crippen molar-refractivity contribution in [2.24, 2.45) is 0 Å². The SMILES string of the molecule is COc1cc(CNC[C@]2(O)CCN(c3ncccn3)C2)ccc1OCCN(C)C.